The molecule has 1 atom stereocenters. The lowest BCUT2D eigenvalue weighted by atomic mass is 9.96. The summed E-state index contributed by atoms with van der Waals surface area (Å²) in [4.78, 5) is 33.6. The first-order valence-electron chi connectivity index (χ1n) is 8.31. The van der Waals surface area contributed by atoms with Gasteiger partial charge in [0.05, 0.1) is 12.5 Å². The number of carbonyl (C=O) groups excluding carboxylic acids is 2. The first-order chi connectivity index (χ1) is 12.0. The van der Waals surface area contributed by atoms with E-state index in [-0.39, 0.29) is 17.7 Å². The predicted octanol–water partition coefficient (Wildman–Crippen LogP) is 2.43. The Hall–Kier alpha value is -2.34. The minimum Gasteiger partial charge on any atom is -0.349 e. The molecule has 0 saturated carbocycles. The van der Waals surface area contributed by atoms with Crippen molar-refractivity contribution in [3.63, 3.8) is 0 Å². The third kappa shape index (κ3) is 4.60. The molecule has 2 N–H and O–H groups in total. The molecular formula is C18H21ClN4O2. The van der Waals surface area contributed by atoms with Crippen LogP contribution < -0.4 is 5.32 Å². The third-order valence-corrected chi connectivity index (χ3v) is 4.60. The molecule has 1 fully saturated rings. The molecule has 2 heterocycles. The van der Waals surface area contributed by atoms with Crippen LogP contribution in [0.15, 0.2) is 30.5 Å². The number of nitrogens with zero attached hydrogens (tertiary/aromatic N) is 2. The van der Waals surface area contributed by atoms with Crippen LogP contribution in [0.1, 0.15) is 29.9 Å². The molecule has 1 aliphatic rings. The molecule has 25 heavy (non-hydrogen) atoms. The molecule has 0 spiro atoms. The molecule has 1 aromatic carbocycles. The van der Waals surface area contributed by atoms with Gasteiger partial charge in [-0.05, 0) is 31.0 Å². The lowest BCUT2D eigenvalue weighted by Gasteiger charge is -2.32. The van der Waals surface area contributed by atoms with Crippen molar-refractivity contribution in [2.75, 3.05) is 6.54 Å². The summed E-state index contributed by atoms with van der Waals surface area (Å²) >= 11 is 5.89. The molecule has 2 aromatic rings. The number of imidazole rings is 1. The van der Waals surface area contributed by atoms with Crippen LogP contribution in [0.2, 0.25) is 5.02 Å². The molecular weight excluding hydrogens is 340 g/mol. The van der Waals surface area contributed by atoms with E-state index in [9.17, 15) is 9.59 Å². The van der Waals surface area contributed by atoms with E-state index < -0.39 is 0 Å². The Bertz CT molecular complexity index is 757. The predicted molar refractivity (Wildman–Crippen MR) is 94.8 cm³/mol. The maximum atomic E-state index is 12.4. The number of carbonyl (C=O) groups is 2. The quantitative estimate of drug-likeness (QED) is 0.859. The zero-order chi connectivity index (χ0) is 17.8. The monoisotopic (exact) mass is 360 g/mol. The van der Waals surface area contributed by atoms with Gasteiger partial charge in [-0.1, -0.05) is 23.7 Å². The number of hydrogen-bond donors (Lipinski definition) is 2. The van der Waals surface area contributed by atoms with Crippen LogP contribution in [-0.4, -0.2) is 33.2 Å². The highest BCUT2D eigenvalue weighted by Gasteiger charge is 2.30. The highest BCUT2D eigenvalue weighted by Crippen LogP contribution is 2.21. The van der Waals surface area contributed by atoms with Gasteiger partial charge in [0.2, 0.25) is 11.8 Å². The molecule has 1 aliphatic heterocycles. The zero-order valence-electron chi connectivity index (χ0n) is 14.1. The first-order valence-corrected chi connectivity index (χ1v) is 8.69. The summed E-state index contributed by atoms with van der Waals surface area (Å²) in [5, 5.41) is 3.57. The fourth-order valence-electron chi connectivity index (χ4n) is 2.96. The topological polar surface area (TPSA) is 78.1 Å². The van der Waals surface area contributed by atoms with Crippen LogP contribution in [0.25, 0.3) is 0 Å². The molecule has 7 heteroatoms. The average Bonchev–Trinajstić information content (AvgIpc) is 3.02. The average molecular weight is 361 g/mol. The van der Waals surface area contributed by atoms with Gasteiger partial charge < -0.3 is 15.2 Å². The van der Waals surface area contributed by atoms with Crippen molar-refractivity contribution >= 4 is 23.4 Å². The second-order valence-corrected chi connectivity index (χ2v) is 6.80. The van der Waals surface area contributed by atoms with Gasteiger partial charge in [-0.15, -0.1) is 0 Å². The Morgan fingerprint density at radius 2 is 2.16 bits per heavy atom. The Morgan fingerprint density at radius 3 is 2.84 bits per heavy atom. The number of rotatable bonds is 5. The van der Waals surface area contributed by atoms with Crippen molar-refractivity contribution in [1.82, 2.24) is 20.2 Å². The number of benzene rings is 1. The van der Waals surface area contributed by atoms with Crippen LogP contribution >= 0.6 is 11.6 Å². The molecule has 2 amide bonds. The SMILES string of the molecule is Cc1cnc(CNC(=O)C2CCC(=O)N(Cc3ccc(Cl)cc3)C2)[nH]1. The standard InChI is InChI=1S/C18H21ClN4O2/c1-12-8-20-16(22-12)9-21-18(25)14-4-7-17(24)23(11-14)10-13-2-5-15(19)6-3-13/h2-3,5-6,8,14H,4,7,9-11H2,1H3,(H,20,22)(H,21,25). The van der Waals surface area contributed by atoms with E-state index in [1.54, 1.807) is 23.2 Å². The Labute approximate surface area is 151 Å². The molecule has 3 rings (SSSR count). The third-order valence-electron chi connectivity index (χ3n) is 4.34. The number of halogens is 1. The van der Waals surface area contributed by atoms with Crippen molar-refractivity contribution < 1.29 is 9.59 Å². The van der Waals surface area contributed by atoms with Crippen molar-refractivity contribution in [2.45, 2.75) is 32.9 Å². The first kappa shape index (κ1) is 17.5. The number of aromatic amines is 1. The maximum absolute atomic E-state index is 12.4. The van der Waals surface area contributed by atoms with Crippen LogP contribution in [0.4, 0.5) is 0 Å². The summed E-state index contributed by atoms with van der Waals surface area (Å²) < 4.78 is 0. The molecule has 0 bridgehead atoms. The van der Waals surface area contributed by atoms with E-state index in [2.05, 4.69) is 15.3 Å². The Morgan fingerprint density at radius 1 is 1.40 bits per heavy atom. The normalized spacial score (nSPS) is 17.6. The van der Waals surface area contributed by atoms with Gasteiger partial charge in [0.15, 0.2) is 0 Å². The number of hydrogen-bond acceptors (Lipinski definition) is 3. The van der Waals surface area contributed by atoms with E-state index in [4.69, 9.17) is 11.6 Å². The van der Waals surface area contributed by atoms with Gasteiger partial charge >= 0.3 is 0 Å². The van der Waals surface area contributed by atoms with Gasteiger partial charge in [0.25, 0.3) is 0 Å². The number of H-pyrrole nitrogens is 1. The maximum Gasteiger partial charge on any atom is 0.225 e. The van der Waals surface area contributed by atoms with E-state index in [1.165, 1.54) is 0 Å². The molecule has 1 unspecified atom stereocenters. The number of aryl methyl sites for hydroxylation is 1. The summed E-state index contributed by atoms with van der Waals surface area (Å²) in [5.41, 5.74) is 1.96. The van der Waals surface area contributed by atoms with Gasteiger partial charge in [-0.3, -0.25) is 9.59 Å². The number of aromatic nitrogens is 2. The second kappa shape index (κ2) is 7.70. The molecule has 0 aliphatic carbocycles. The van der Waals surface area contributed by atoms with E-state index in [0.717, 1.165) is 17.1 Å². The van der Waals surface area contributed by atoms with Crippen LogP contribution in [0.5, 0.6) is 0 Å². The summed E-state index contributed by atoms with van der Waals surface area (Å²) in [7, 11) is 0. The number of amides is 2. The van der Waals surface area contributed by atoms with E-state index >= 15 is 0 Å². The highest BCUT2D eigenvalue weighted by atomic mass is 35.5. The number of nitrogens with one attached hydrogen (secondary N) is 2. The fraction of sp³-hybridized carbons (Fsp3) is 0.389. The summed E-state index contributed by atoms with van der Waals surface area (Å²) in [6, 6.07) is 7.42. The molecule has 1 aromatic heterocycles. The summed E-state index contributed by atoms with van der Waals surface area (Å²) in [6.45, 7) is 3.22. The molecule has 6 nitrogen and oxygen atoms in total. The van der Waals surface area contributed by atoms with Gasteiger partial charge in [0.1, 0.15) is 5.82 Å². The van der Waals surface area contributed by atoms with Crippen molar-refractivity contribution in [2.24, 2.45) is 5.92 Å². The van der Waals surface area contributed by atoms with E-state index in [0.29, 0.717) is 37.5 Å². The lowest BCUT2D eigenvalue weighted by molar-refractivity contribution is -0.139. The Balaban J connectivity index is 1.56. The largest absolute Gasteiger partial charge is 0.349 e. The van der Waals surface area contributed by atoms with Crippen molar-refractivity contribution in [1.29, 1.82) is 0 Å². The van der Waals surface area contributed by atoms with Crippen LogP contribution in [0.3, 0.4) is 0 Å². The van der Waals surface area contributed by atoms with E-state index in [1.807, 2.05) is 19.1 Å². The molecule has 132 valence electrons. The lowest BCUT2D eigenvalue weighted by Crippen LogP contribution is -2.45. The van der Waals surface area contributed by atoms with Crippen LogP contribution in [-0.2, 0) is 22.7 Å². The van der Waals surface area contributed by atoms with Gasteiger partial charge in [0, 0.05) is 36.4 Å². The fourth-order valence-corrected chi connectivity index (χ4v) is 3.09. The second-order valence-electron chi connectivity index (χ2n) is 6.37. The molecule has 0 radical (unpaired) electrons. The Kier molecular flexibility index (Phi) is 5.38. The summed E-state index contributed by atoms with van der Waals surface area (Å²) in [6.07, 6.45) is 2.71. The van der Waals surface area contributed by atoms with Crippen LogP contribution in [0, 0.1) is 12.8 Å². The smallest absolute Gasteiger partial charge is 0.225 e. The number of piperidine rings is 1. The zero-order valence-corrected chi connectivity index (χ0v) is 14.8. The van der Waals surface area contributed by atoms with Gasteiger partial charge in [-0.25, -0.2) is 4.98 Å². The number of likely N-dealkylation sites (tertiary alicyclic amines) is 1. The minimum absolute atomic E-state index is 0.0392. The van der Waals surface area contributed by atoms with Crippen molar-refractivity contribution in [3.8, 4) is 0 Å². The minimum atomic E-state index is -0.193. The summed E-state index contributed by atoms with van der Waals surface area (Å²) in [5.74, 6) is 0.583. The van der Waals surface area contributed by atoms with Gasteiger partial charge in [-0.2, -0.15) is 0 Å². The highest BCUT2D eigenvalue weighted by molar-refractivity contribution is 6.30. The van der Waals surface area contributed by atoms with Crippen molar-refractivity contribution in [3.05, 3.63) is 52.6 Å². The molecule has 1 saturated heterocycles.